The minimum absolute atomic E-state index is 0.0361. The number of rotatable bonds is 5. The number of carboxylic acid groups (broad SMARTS) is 2. The zero-order valence-electron chi connectivity index (χ0n) is 11.3. The zero-order valence-corrected chi connectivity index (χ0v) is 11.3. The van der Waals surface area contributed by atoms with Crippen molar-refractivity contribution in [2.24, 2.45) is 5.92 Å². The quantitative estimate of drug-likeness (QED) is 0.807. The summed E-state index contributed by atoms with van der Waals surface area (Å²) in [7, 11) is 1.61. The van der Waals surface area contributed by atoms with Crippen LogP contribution in [-0.4, -0.2) is 29.3 Å². The average Bonchev–Trinajstić information content (AvgIpc) is 2.43. The van der Waals surface area contributed by atoms with Crippen molar-refractivity contribution in [2.75, 3.05) is 7.11 Å². The second-order valence-corrected chi connectivity index (χ2v) is 5.08. The summed E-state index contributed by atoms with van der Waals surface area (Å²) in [6.45, 7) is 0. The first-order valence-electron chi connectivity index (χ1n) is 6.66. The highest BCUT2D eigenvalue weighted by Gasteiger charge is 2.32. The van der Waals surface area contributed by atoms with E-state index in [9.17, 15) is 9.59 Å². The van der Waals surface area contributed by atoms with Crippen LogP contribution in [0, 0.1) is 5.92 Å². The van der Waals surface area contributed by atoms with Gasteiger partial charge in [-0.05, 0) is 48.8 Å². The fourth-order valence-electron chi connectivity index (χ4n) is 2.94. The lowest BCUT2D eigenvalue weighted by Crippen LogP contribution is -2.26. The number of fused-ring (bicyclic) bond motifs is 1. The number of aliphatic carboxylic acids is 2. The molecule has 5 nitrogen and oxygen atoms in total. The van der Waals surface area contributed by atoms with E-state index in [1.807, 2.05) is 18.2 Å². The van der Waals surface area contributed by atoms with Crippen LogP contribution < -0.4 is 4.74 Å². The van der Waals surface area contributed by atoms with Crippen LogP contribution >= 0.6 is 0 Å². The highest BCUT2D eigenvalue weighted by atomic mass is 16.5. The second-order valence-electron chi connectivity index (χ2n) is 5.08. The maximum absolute atomic E-state index is 11.0. The summed E-state index contributed by atoms with van der Waals surface area (Å²) in [6, 6.07) is 5.70. The van der Waals surface area contributed by atoms with Gasteiger partial charge in [0.15, 0.2) is 5.92 Å². The Morgan fingerprint density at radius 2 is 2.05 bits per heavy atom. The van der Waals surface area contributed by atoms with Crippen molar-refractivity contribution < 1.29 is 24.5 Å². The molecule has 1 atom stereocenters. The highest BCUT2D eigenvalue weighted by Crippen LogP contribution is 2.39. The van der Waals surface area contributed by atoms with Crippen LogP contribution in [0.1, 0.15) is 36.3 Å². The molecule has 5 heteroatoms. The molecule has 1 aromatic rings. The fourth-order valence-corrected chi connectivity index (χ4v) is 2.94. The van der Waals surface area contributed by atoms with Crippen LogP contribution in [-0.2, 0) is 16.0 Å². The van der Waals surface area contributed by atoms with Gasteiger partial charge in [-0.15, -0.1) is 0 Å². The Bertz CT molecular complexity index is 509. The smallest absolute Gasteiger partial charge is 0.317 e. The Morgan fingerprint density at radius 3 is 2.65 bits per heavy atom. The van der Waals surface area contributed by atoms with Gasteiger partial charge in [-0.25, -0.2) is 0 Å². The molecule has 0 heterocycles. The summed E-state index contributed by atoms with van der Waals surface area (Å²) < 4.78 is 5.33. The van der Waals surface area contributed by atoms with E-state index in [-0.39, 0.29) is 12.3 Å². The minimum Gasteiger partial charge on any atom is -0.496 e. The topological polar surface area (TPSA) is 83.8 Å². The Hall–Kier alpha value is -2.04. The van der Waals surface area contributed by atoms with Crippen LogP contribution in [0.2, 0.25) is 0 Å². The Morgan fingerprint density at radius 1 is 1.35 bits per heavy atom. The number of carboxylic acids is 2. The molecule has 108 valence electrons. The normalized spacial score (nSPS) is 17.6. The molecule has 2 N–H and O–H groups in total. The fraction of sp³-hybridized carbons (Fsp3) is 0.467. The predicted octanol–water partition coefficient (Wildman–Crippen LogP) is 2.29. The molecule has 1 aromatic carbocycles. The van der Waals surface area contributed by atoms with Crippen molar-refractivity contribution >= 4 is 11.9 Å². The Kier molecular flexibility index (Phi) is 4.27. The number of hydrogen-bond donors (Lipinski definition) is 2. The van der Waals surface area contributed by atoms with Gasteiger partial charge < -0.3 is 14.9 Å². The molecule has 0 spiro atoms. The maximum atomic E-state index is 11.0. The SMILES string of the molecule is COc1cccc2c1CCCC2CC(C(=O)O)C(=O)O. The van der Waals surface area contributed by atoms with Crippen LogP contribution in [0.3, 0.4) is 0 Å². The number of methoxy groups -OCH3 is 1. The third-order valence-corrected chi connectivity index (χ3v) is 3.92. The molecule has 2 rings (SSSR count). The summed E-state index contributed by atoms with van der Waals surface area (Å²) in [6.07, 6.45) is 2.76. The average molecular weight is 278 g/mol. The molecule has 1 aliphatic carbocycles. The number of benzene rings is 1. The lowest BCUT2D eigenvalue weighted by Gasteiger charge is -2.27. The van der Waals surface area contributed by atoms with Gasteiger partial charge in [-0.3, -0.25) is 9.59 Å². The first-order valence-corrected chi connectivity index (χ1v) is 6.66. The van der Waals surface area contributed by atoms with Gasteiger partial charge in [-0.1, -0.05) is 12.1 Å². The van der Waals surface area contributed by atoms with E-state index in [0.29, 0.717) is 0 Å². The molecule has 1 unspecified atom stereocenters. The van der Waals surface area contributed by atoms with Gasteiger partial charge in [-0.2, -0.15) is 0 Å². The Labute approximate surface area is 117 Å². The third-order valence-electron chi connectivity index (χ3n) is 3.92. The first kappa shape index (κ1) is 14.4. The van der Waals surface area contributed by atoms with Gasteiger partial charge >= 0.3 is 11.9 Å². The van der Waals surface area contributed by atoms with Crippen molar-refractivity contribution in [3.8, 4) is 5.75 Å². The number of carbonyl (C=O) groups is 2. The molecule has 0 saturated carbocycles. The van der Waals surface area contributed by atoms with E-state index in [0.717, 1.165) is 36.1 Å². The van der Waals surface area contributed by atoms with Crippen molar-refractivity contribution in [3.63, 3.8) is 0 Å². The zero-order chi connectivity index (χ0) is 14.7. The molecule has 0 amide bonds. The highest BCUT2D eigenvalue weighted by molar-refractivity contribution is 5.92. The van der Waals surface area contributed by atoms with Gasteiger partial charge in [0.2, 0.25) is 0 Å². The Balaban J connectivity index is 2.29. The van der Waals surface area contributed by atoms with Crippen LogP contribution in [0.25, 0.3) is 0 Å². The van der Waals surface area contributed by atoms with Gasteiger partial charge in [0, 0.05) is 0 Å². The largest absolute Gasteiger partial charge is 0.496 e. The van der Waals surface area contributed by atoms with E-state index < -0.39 is 17.9 Å². The van der Waals surface area contributed by atoms with Crippen molar-refractivity contribution in [2.45, 2.75) is 31.6 Å². The van der Waals surface area contributed by atoms with E-state index >= 15 is 0 Å². The minimum atomic E-state index is -1.35. The molecule has 0 aliphatic heterocycles. The molecule has 0 radical (unpaired) electrons. The van der Waals surface area contributed by atoms with Crippen molar-refractivity contribution in [1.29, 1.82) is 0 Å². The molecular formula is C15H18O5. The summed E-state index contributed by atoms with van der Waals surface area (Å²) in [5.41, 5.74) is 2.11. The third kappa shape index (κ3) is 2.76. The van der Waals surface area contributed by atoms with Crippen LogP contribution in [0.4, 0.5) is 0 Å². The van der Waals surface area contributed by atoms with Crippen molar-refractivity contribution in [1.82, 2.24) is 0 Å². The summed E-state index contributed by atoms with van der Waals surface area (Å²) in [5, 5.41) is 18.0. The maximum Gasteiger partial charge on any atom is 0.317 e. The number of ether oxygens (including phenoxy) is 1. The van der Waals surface area contributed by atoms with Gasteiger partial charge in [0.25, 0.3) is 0 Å². The number of hydrogen-bond acceptors (Lipinski definition) is 3. The monoisotopic (exact) mass is 278 g/mol. The molecule has 0 aromatic heterocycles. The van der Waals surface area contributed by atoms with E-state index in [1.54, 1.807) is 7.11 Å². The van der Waals surface area contributed by atoms with Crippen LogP contribution in [0.5, 0.6) is 5.75 Å². The standard InChI is InChI=1S/C15H18O5/c1-20-13-7-3-5-10-9(4-2-6-11(10)13)8-12(14(16)17)15(18)19/h3,5,7,9,12H,2,4,6,8H2,1H3,(H,16,17)(H,18,19). The summed E-state index contributed by atoms with van der Waals surface area (Å²) in [4.78, 5) is 22.1. The van der Waals surface area contributed by atoms with Crippen molar-refractivity contribution in [3.05, 3.63) is 29.3 Å². The van der Waals surface area contributed by atoms with E-state index in [1.165, 1.54) is 0 Å². The van der Waals surface area contributed by atoms with Crippen LogP contribution in [0.15, 0.2) is 18.2 Å². The molecule has 0 saturated heterocycles. The first-order chi connectivity index (χ1) is 9.54. The predicted molar refractivity (Wildman–Crippen MR) is 72.1 cm³/mol. The lowest BCUT2D eigenvalue weighted by molar-refractivity contribution is -0.155. The van der Waals surface area contributed by atoms with E-state index in [4.69, 9.17) is 14.9 Å². The molecule has 1 aliphatic rings. The molecule has 20 heavy (non-hydrogen) atoms. The molecule has 0 fully saturated rings. The van der Waals surface area contributed by atoms with Gasteiger partial charge in [0.1, 0.15) is 5.75 Å². The second kappa shape index (κ2) is 5.94. The molecular weight excluding hydrogens is 260 g/mol. The molecule has 0 bridgehead atoms. The lowest BCUT2D eigenvalue weighted by atomic mass is 9.78. The van der Waals surface area contributed by atoms with E-state index in [2.05, 4.69) is 0 Å². The summed E-state index contributed by atoms with van der Waals surface area (Å²) >= 11 is 0. The van der Waals surface area contributed by atoms with Gasteiger partial charge in [0.05, 0.1) is 7.11 Å². The summed E-state index contributed by atoms with van der Waals surface area (Å²) in [5.74, 6) is -3.13.